The average molecular weight is 317 g/mol. The number of guanidine groups is 1. The fourth-order valence-corrected chi connectivity index (χ4v) is 2.55. The normalized spacial score (nSPS) is 19.9. The zero-order valence-electron chi connectivity index (χ0n) is 9.82. The van der Waals surface area contributed by atoms with Crippen molar-refractivity contribution in [2.24, 2.45) is 10.7 Å². The molecular formula is C12H15BrClN3. The minimum absolute atomic E-state index is 0.195. The monoisotopic (exact) mass is 315 g/mol. The van der Waals surface area contributed by atoms with E-state index >= 15 is 0 Å². The number of rotatable bonds is 2. The molecule has 1 aliphatic heterocycles. The summed E-state index contributed by atoms with van der Waals surface area (Å²) in [6.07, 6.45) is 0. The molecule has 0 spiro atoms. The smallest absolute Gasteiger partial charge is 0.192 e. The van der Waals surface area contributed by atoms with E-state index in [1.165, 1.54) is 0 Å². The third-order valence-electron chi connectivity index (χ3n) is 2.91. The Morgan fingerprint density at radius 3 is 2.82 bits per heavy atom. The van der Waals surface area contributed by atoms with Gasteiger partial charge in [-0.3, -0.25) is 4.99 Å². The lowest BCUT2D eigenvalue weighted by atomic mass is 10.1. The Bertz CT molecular complexity index is 459. The number of aliphatic imine (C=N–C) groups is 1. The molecular weight excluding hydrogens is 302 g/mol. The van der Waals surface area contributed by atoms with Crippen LogP contribution >= 0.6 is 27.5 Å². The maximum absolute atomic E-state index is 6.12. The summed E-state index contributed by atoms with van der Waals surface area (Å²) in [6.45, 7) is 4.92. The predicted octanol–water partition coefficient (Wildman–Crippen LogP) is 3.18. The van der Waals surface area contributed by atoms with Crippen molar-refractivity contribution in [1.29, 1.82) is 0 Å². The Morgan fingerprint density at radius 1 is 1.53 bits per heavy atom. The lowest BCUT2D eigenvalue weighted by Crippen LogP contribution is -2.40. The van der Waals surface area contributed by atoms with E-state index in [0.717, 1.165) is 15.1 Å². The highest BCUT2D eigenvalue weighted by Gasteiger charge is 2.29. The first kappa shape index (κ1) is 12.7. The van der Waals surface area contributed by atoms with Gasteiger partial charge < -0.3 is 10.6 Å². The Morgan fingerprint density at radius 2 is 2.24 bits per heavy atom. The first-order valence-corrected chi connectivity index (χ1v) is 6.71. The van der Waals surface area contributed by atoms with Crippen LogP contribution in [0, 0.1) is 0 Å². The van der Waals surface area contributed by atoms with Crippen molar-refractivity contribution in [2.75, 3.05) is 6.54 Å². The lowest BCUT2D eigenvalue weighted by Gasteiger charge is -2.30. The molecule has 1 aromatic carbocycles. The summed E-state index contributed by atoms with van der Waals surface area (Å²) in [7, 11) is 0. The van der Waals surface area contributed by atoms with E-state index in [4.69, 9.17) is 17.3 Å². The fraction of sp³-hybridized carbons (Fsp3) is 0.417. The summed E-state index contributed by atoms with van der Waals surface area (Å²) in [5.74, 6) is 0.615. The summed E-state index contributed by atoms with van der Waals surface area (Å²) < 4.78 is 0.908. The molecule has 1 atom stereocenters. The van der Waals surface area contributed by atoms with Crippen LogP contribution in [0.4, 0.5) is 0 Å². The van der Waals surface area contributed by atoms with Crippen molar-refractivity contribution in [3.8, 4) is 0 Å². The molecule has 2 rings (SSSR count). The summed E-state index contributed by atoms with van der Waals surface area (Å²) in [5.41, 5.74) is 7.06. The molecule has 1 aliphatic rings. The van der Waals surface area contributed by atoms with Crippen molar-refractivity contribution in [1.82, 2.24) is 4.90 Å². The van der Waals surface area contributed by atoms with Crippen molar-refractivity contribution in [3.05, 3.63) is 33.3 Å². The second kappa shape index (κ2) is 4.86. The molecule has 5 heteroatoms. The highest BCUT2D eigenvalue weighted by atomic mass is 79.9. The minimum atomic E-state index is 0.195. The Balaban J connectivity index is 2.31. The highest BCUT2D eigenvalue weighted by molar-refractivity contribution is 9.10. The number of benzene rings is 1. The van der Waals surface area contributed by atoms with Crippen LogP contribution in [0.2, 0.25) is 5.02 Å². The van der Waals surface area contributed by atoms with Crippen LogP contribution in [0.25, 0.3) is 0 Å². The zero-order valence-corrected chi connectivity index (χ0v) is 12.2. The average Bonchev–Trinajstić information content (AvgIpc) is 2.64. The molecule has 0 amide bonds. The largest absolute Gasteiger partial charge is 0.370 e. The molecule has 17 heavy (non-hydrogen) atoms. The van der Waals surface area contributed by atoms with Gasteiger partial charge in [0.15, 0.2) is 5.96 Å². The predicted molar refractivity (Wildman–Crippen MR) is 75.4 cm³/mol. The molecule has 0 fully saturated rings. The fourth-order valence-electron chi connectivity index (χ4n) is 2.12. The van der Waals surface area contributed by atoms with Gasteiger partial charge >= 0.3 is 0 Å². The van der Waals surface area contributed by atoms with Gasteiger partial charge in [0.2, 0.25) is 0 Å². The van der Waals surface area contributed by atoms with E-state index in [2.05, 4.69) is 45.7 Å². The number of nitrogens with two attached hydrogens (primary N) is 1. The molecule has 2 N–H and O–H groups in total. The van der Waals surface area contributed by atoms with E-state index in [1.807, 2.05) is 12.1 Å². The standard InChI is InChI=1S/C12H15BrClN3/c1-7(2)17-11(6-16-12(17)15)8-3-4-9(13)10(14)5-8/h3-5,7,11H,6H2,1-2H3,(H2,15,16). The van der Waals surface area contributed by atoms with Gasteiger partial charge in [-0.2, -0.15) is 0 Å². The first-order chi connectivity index (χ1) is 8.00. The van der Waals surface area contributed by atoms with Gasteiger partial charge in [-0.15, -0.1) is 0 Å². The second-order valence-corrected chi connectivity index (χ2v) is 5.65. The van der Waals surface area contributed by atoms with Gasteiger partial charge in [-0.25, -0.2) is 0 Å². The molecule has 0 saturated carbocycles. The molecule has 3 nitrogen and oxygen atoms in total. The Hall–Kier alpha value is -0.740. The van der Waals surface area contributed by atoms with Gasteiger partial charge in [0.1, 0.15) is 0 Å². The van der Waals surface area contributed by atoms with Crippen LogP contribution in [0.1, 0.15) is 25.5 Å². The molecule has 92 valence electrons. The number of nitrogens with zero attached hydrogens (tertiary/aromatic N) is 2. The second-order valence-electron chi connectivity index (χ2n) is 4.39. The van der Waals surface area contributed by atoms with Crippen LogP contribution in [-0.2, 0) is 0 Å². The van der Waals surface area contributed by atoms with E-state index in [9.17, 15) is 0 Å². The molecule has 0 radical (unpaired) electrons. The van der Waals surface area contributed by atoms with E-state index < -0.39 is 0 Å². The van der Waals surface area contributed by atoms with Crippen LogP contribution in [-0.4, -0.2) is 23.4 Å². The highest BCUT2D eigenvalue weighted by Crippen LogP contribution is 2.31. The Labute approximate surface area is 115 Å². The van der Waals surface area contributed by atoms with Gasteiger partial charge in [0, 0.05) is 10.5 Å². The Kier molecular flexibility index (Phi) is 3.64. The van der Waals surface area contributed by atoms with Crippen LogP contribution in [0.3, 0.4) is 0 Å². The topological polar surface area (TPSA) is 41.6 Å². The third-order valence-corrected chi connectivity index (χ3v) is 4.14. The quantitative estimate of drug-likeness (QED) is 0.910. The molecule has 1 aromatic rings. The molecule has 0 aromatic heterocycles. The minimum Gasteiger partial charge on any atom is -0.370 e. The van der Waals surface area contributed by atoms with Crippen molar-refractivity contribution in [3.63, 3.8) is 0 Å². The molecule has 1 heterocycles. The van der Waals surface area contributed by atoms with Crippen molar-refractivity contribution < 1.29 is 0 Å². The maximum Gasteiger partial charge on any atom is 0.192 e. The summed E-state index contributed by atoms with van der Waals surface area (Å²) in [6, 6.07) is 6.52. The molecule has 1 unspecified atom stereocenters. The summed E-state index contributed by atoms with van der Waals surface area (Å²) in [5, 5.41) is 0.719. The zero-order chi connectivity index (χ0) is 12.6. The van der Waals surface area contributed by atoms with E-state index in [1.54, 1.807) is 0 Å². The number of halogens is 2. The van der Waals surface area contributed by atoms with Crippen molar-refractivity contribution >= 4 is 33.5 Å². The summed E-state index contributed by atoms with van der Waals surface area (Å²) in [4.78, 5) is 6.44. The van der Waals surface area contributed by atoms with E-state index in [0.29, 0.717) is 18.5 Å². The number of hydrogen-bond donors (Lipinski definition) is 1. The molecule has 0 saturated heterocycles. The van der Waals surface area contributed by atoms with E-state index in [-0.39, 0.29) is 6.04 Å². The molecule has 0 aliphatic carbocycles. The summed E-state index contributed by atoms with van der Waals surface area (Å²) >= 11 is 9.52. The van der Waals surface area contributed by atoms with Crippen molar-refractivity contribution in [2.45, 2.75) is 25.9 Å². The van der Waals surface area contributed by atoms with Crippen LogP contribution in [0.5, 0.6) is 0 Å². The van der Waals surface area contributed by atoms with Crippen LogP contribution in [0.15, 0.2) is 27.7 Å². The van der Waals surface area contributed by atoms with Gasteiger partial charge in [-0.05, 0) is 47.5 Å². The van der Waals surface area contributed by atoms with Gasteiger partial charge in [0.25, 0.3) is 0 Å². The first-order valence-electron chi connectivity index (χ1n) is 5.54. The lowest BCUT2D eigenvalue weighted by molar-refractivity contribution is 0.290. The van der Waals surface area contributed by atoms with Gasteiger partial charge in [0.05, 0.1) is 17.6 Å². The SMILES string of the molecule is CC(C)N1C(N)=NCC1c1ccc(Br)c(Cl)c1. The molecule has 0 bridgehead atoms. The van der Waals surface area contributed by atoms with Gasteiger partial charge in [-0.1, -0.05) is 17.7 Å². The maximum atomic E-state index is 6.12. The number of hydrogen-bond acceptors (Lipinski definition) is 3. The third kappa shape index (κ3) is 2.43. The van der Waals surface area contributed by atoms with Crippen LogP contribution < -0.4 is 5.73 Å².